The molecular weight excluding hydrogens is 278 g/mol. The lowest BCUT2D eigenvalue weighted by molar-refractivity contribution is -0.117. The van der Waals surface area contributed by atoms with Gasteiger partial charge in [-0.3, -0.25) is 9.52 Å². The molecule has 1 rings (SSSR count). The van der Waals surface area contributed by atoms with E-state index in [1.54, 1.807) is 31.2 Å². The molecule has 0 aliphatic rings. The maximum atomic E-state index is 11.3. The SMILES string of the molecule is C[C@@H](N)C(=O)Nc1ccc(NS(C)(=O)=O)cc1.Cl. The number of benzene rings is 1. The second-order valence-electron chi connectivity index (χ2n) is 3.73. The zero-order valence-corrected chi connectivity index (χ0v) is 11.6. The summed E-state index contributed by atoms with van der Waals surface area (Å²) in [6, 6.07) is 5.70. The van der Waals surface area contributed by atoms with Crippen LogP contribution in [-0.2, 0) is 14.8 Å². The number of halogens is 1. The summed E-state index contributed by atoms with van der Waals surface area (Å²) < 4.78 is 24.2. The van der Waals surface area contributed by atoms with Crippen molar-refractivity contribution in [2.45, 2.75) is 13.0 Å². The Balaban J connectivity index is 0.00000289. The van der Waals surface area contributed by atoms with Gasteiger partial charge >= 0.3 is 0 Å². The number of carbonyl (C=O) groups excluding carboxylic acids is 1. The molecule has 0 radical (unpaired) electrons. The number of nitrogens with one attached hydrogen (secondary N) is 2. The summed E-state index contributed by atoms with van der Waals surface area (Å²) in [7, 11) is -3.28. The van der Waals surface area contributed by atoms with Crippen LogP contribution in [0.25, 0.3) is 0 Å². The van der Waals surface area contributed by atoms with Crippen LogP contribution < -0.4 is 15.8 Å². The Morgan fingerprint density at radius 1 is 1.22 bits per heavy atom. The number of hydrogen-bond acceptors (Lipinski definition) is 4. The smallest absolute Gasteiger partial charge is 0.240 e. The Kier molecular flexibility index (Phi) is 6.10. The standard InChI is InChI=1S/C10H15N3O3S.ClH/c1-7(11)10(14)12-8-3-5-9(6-4-8)13-17(2,15)16;/h3-7,13H,11H2,1-2H3,(H,12,14);1H/t7-;/m1./s1. The van der Waals surface area contributed by atoms with Crippen molar-refractivity contribution >= 4 is 39.7 Å². The molecular formula is C10H16ClN3O3S. The number of sulfonamides is 1. The number of carbonyl (C=O) groups is 1. The topological polar surface area (TPSA) is 101 Å². The van der Waals surface area contributed by atoms with Crippen molar-refractivity contribution < 1.29 is 13.2 Å². The van der Waals surface area contributed by atoms with Crippen LogP contribution in [0.3, 0.4) is 0 Å². The van der Waals surface area contributed by atoms with E-state index in [9.17, 15) is 13.2 Å². The predicted octanol–water partition coefficient (Wildman–Crippen LogP) is 0.766. The van der Waals surface area contributed by atoms with Crippen LogP contribution in [0.1, 0.15) is 6.92 Å². The first-order valence-electron chi connectivity index (χ1n) is 4.92. The molecule has 0 aromatic heterocycles. The van der Waals surface area contributed by atoms with E-state index in [1.165, 1.54) is 0 Å². The molecule has 1 atom stereocenters. The Morgan fingerprint density at radius 2 is 1.67 bits per heavy atom. The second-order valence-corrected chi connectivity index (χ2v) is 5.48. The van der Waals surface area contributed by atoms with Crippen LogP contribution >= 0.6 is 12.4 Å². The van der Waals surface area contributed by atoms with E-state index in [0.29, 0.717) is 11.4 Å². The molecule has 8 heteroatoms. The maximum absolute atomic E-state index is 11.3. The van der Waals surface area contributed by atoms with Gasteiger partial charge in [0.25, 0.3) is 0 Å². The summed E-state index contributed by atoms with van der Waals surface area (Å²) in [6.45, 7) is 1.58. The summed E-state index contributed by atoms with van der Waals surface area (Å²) in [5, 5.41) is 2.59. The van der Waals surface area contributed by atoms with E-state index in [2.05, 4.69) is 10.0 Å². The molecule has 102 valence electrons. The summed E-state index contributed by atoms with van der Waals surface area (Å²) in [4.78, 5) is 11.3. The molecule has 18 heavy (non-hydrogen) atoms. The number of amides is 1. The van der Waals surface area contributed by atoms with Crippen LogP contribution in [-0.4, -0.2) is 26.6 Å². The van der Waals surface area contributed by atoms with Crippen molar-refractivity contribution in [1.82, 2.24) is 0 Å². The Hall–Kier alpha value is -1.31. The van der Waals surface area contributed by atoms with Crippen LogP contribution in [0.5, 0.6) is 0 Å². The van der Waals surface area contributed by atoms with E-state index in [-0.39, 0.29) is 18.3 Å². The Labute approximate surface area is 112 Å². The molecule has 0 saturated carbocycles. The lowest BCUT2D eigenvalue weighted by Crippen LogP contribution is -2.32. The van der Waals surface area contributed by atoms with Crippen molar-refractivity contribution in [1.29, 1.82) is 0 Å². The summed E-state index contributed by atoms with van der Waals surface area (Å²) in [6.07, 6.45) is 1.07. The van der Waals surface area contributed by atoms with E-state index in [0.717, 1.165) is 6.26 Å². The zero-order valence-electron chi connectivity index (χ0n) is 10.0. The first-order valence-corrected chi connectivity index (χ1v) is 6.81. The highest BCUT2D eigenvalue weighted by Gasteiger charge is 2.07. The molecule has 0 aliphatic heterocycles. The van der Waals surface area contributed by atoms with Gasteiger partial charge in [0.2, 0.25) is 15.9 Å². The molecule has 1 aromatic carbocycles. The average Bonchev–Trinajstić information content (AvgIpc) is 2.18. The van der Waals surface area contributed by atoms with Crippen LogP contribution in [0.4, 0.5) is 11.4 Å². The van der Waals surface area contributed by atoms with Crippen molar-refractivity contribution in [2.24, 2.45) is 5.73 Å². The van der Waals surface area contributed by atoms with Gasteiger partial charge in [-0.1, -0.05) is 0 Å². The number of nitrogens with two attached hydrogens (primary N) is 1. The molecule has 1 amide bonds. The molecule has 0 heterocycles. The highest BCUT2D eigenvalue weighted by atomic mass is 35.5. The molecule has 0 saturated heterocycles. The predicted molar refractivity (Wildman–Crippen MR) is 74.4 cm³/mol. The fourth-order valence-corrected chi connectivity index (χ4v) is 1.66. The van der Waals surface area contributed by atoms with E-state index in [1.807, 2.05) is 0 Å². The van der Waals surface area contributed by atoms with Gasteiger partial charge in [0.1, 0.15) is 0 Å². The average molecular weight is 294 g/mol. The monoisotopic (exact) mass is 293 g/mol. The van der Waals surface area contributed by atoms with E-state index >= 15 is 0 Å². The molecule has 0 bridgehead atoms. The van der Waals surface area contributed by atoms with Gasteiger partial charge < -0.3 is 11.1 Å². The van der Waals surface area contributed by atoms with E-state index in [4.69, 9.17) is 5.73 Å². The summed E-state index contributed by atoms with van der Waals surface area (Å²) in [5.74, 6) is -0.297. The molecule has 0 unspecified atom stereocenters. The third-order valence-electron chi connectivity index (χ3n) is 1.87. The fraction of sp³-hybridized carbons (Fsp3) is 0.300. The van der Waals surface area contributed by atoms with Crippen molar-refractivity contribution in [3.8, 4) is 0 Å². The minimum atomic E-state index is -3.28. The second kappa shape index (κ2) is 6.58. The fourth-order valence-electron chi connectivity index (χ4n) is 1.09. The minimum absolute atomic E-state index is 0. The number of hydrogen-bond donors (Lipinski definition) is 3. The lowest BCUT2D eigenvalue weighted by Gasteiger charge is -2.08. The molecule has 0 fully saturated rings. The van der Waals surface area contributed by atoms with Crippen LogP contribution in [0.2, 0.25) is 0 Å². The summed E-state index contributed by atoms with van der Waals surface area (Å²) in [5.41, 5.74) is 6.39. The highest BCUT2D eigenvalue weighted by molar-refractivity contribution is 7.92. The number of anilines is 2. The van der Waals surface area contributed by atoms with Gasteiger partial charge in [0.05, 0.1) is 12.3 Å². The van der Waals surface area contributed by atoms with E-state index < -0.39 is 16.1 Å². The Morgan fingerprint density at radius 3 is 2.06 bits per heavy atom. The maximum Gasteiger partial charge on any atom is 0.240 e. The Bertz CT molecular complexity index is 500. The van der Waals surface area contributed by atoms with Crippen molar-refractivity contribution in [2.75, 3.05) is 16.3 Å². The molecule has 1 aromatic rings. The van der Waals surface area contributed by atoms with Gasteiger partial charge in [-0.05, 0) is 31.2 Å². The highest BCUT2D eigenvalue weighted by Crippen LogP contribution is 2.14. The van der Waals surface area contributed by atoms with Gasteiger partial charge in [-0.15, -0.1) is 12.4 Å². The third-order valence-corrected chi connectivity index (χ3v) is 2.48. The van der Waals surface area contributed by atoms with Crippen LogP contribution in [0, 0.1) is 0 Å². The quantitative estimate of drug-likeness (QED) is 0.763. The first kappa shape index (κ1) is 16.7. The van der Waals surface area contributed by atoms with Gasteiger partial charge in [-0.2, -0.15) is 0 Å². The zero-order chi connectivity index (χ0) is 13.1. The normalized spacial score (nSPS) is 12.2. The minimum Gasteiger partial charge on any atom is -0.325 e. The van der Waals surface area contributed by atoms with Gasteiger partial charge in [0, 0.05) is 11.4 Å². The molecule has 0 spiro atoms. The van der Waals surface area contributed by atoms with Gasteiger partial charge in [-0.25, -0.2) is 8.42 Å². The van der Waals surface area contributed by atoms with Crippen molar-refractivity contribution in [3.63, 3.8) is 0 Å². The lowest BCUT2D eigenvalue weighted by atomic mass is 10.2. The van der Waals surface area contributed by atoms with Crippen molar-refractivity contribution in [3.05, 3.63) is 24.3 Å². The first-order chi connectivity index (χ1) is 7.78. The third kappa shape index (κ3) is 5.85. The molecule has 0 aliphatic carbocycles. The molecule has 4 N–H and O–H groups in total. The van der Waals surface area contributed by atoms with Gasteiger partial charge in [0.15, 0.2) is 0 Å². The summed E-state index contributed by atoms with van der Waals surface area (Å²) >= 11 is 0. The molecule has 6 nitrogen and oxygen atoms in total. The van der Waals surface area contributed by atoms with Crippen LogP contribution in [0.15, 0.2) is 24.3 Å². The largest absolute Gasteiger partial charge is 0.325 e. The number of rotatable bonds is 4.